The van der Waals surface area contributed by atoms with Crippen LogP contribution >= 0.6 is 22.9 Å². The van der Waals surface area contributed by atoms with Crippen LogP contribution in [0.25, 0.3) is 6.08 Å². The van der Waals surface area contributed by atoms with Crippen LogP contribution in [0.2, 0.25) is 5.02 Å². The zero-order chi connectivity index (χ0) is 23.3. The zero-order valence-corrected chi connectivity index (χ0v) is 18.2. The fourth-order valence-corrected chi connectivity index (χ4v) is 3.64. The van der Waals surface area contributed by atoms with Crippen molar-refractivity contribution in [1.82, 2.24) is 4.98 Å². The van der Waals surface area contributed by atoms with Crippen molar-refractivity contribution in [3.63, 3.8) is 0 Å². The highest BCUT2D eigenvalue weighted by molar-refractivity contribution is 7.14. The Balaban J connectivity index is 1.68. The number of carbonyl (C=O) groups excluding carboxylic acids is 2. The summed E-state index contributed by atoms with van der Waals surface area (Å²) >= 11 is 6.85. The molecule has 0 atom stereocenters. The maximum absolute atomic E-state index is 13.0. The molecule has 0 aliphatic rings. The van der Waals surface area contributed by atoms with E-state index in [1.807, 2.05) is 0 Å². The summed E-state index contributed by atoms with van der Waals surface area (Å²) in [6.07, 6.45) is -1.72. The van der Waals surface area contributed by atoms with E-state index in [2.05, 4.69) is 4.98 Å². The average Bonchev–Trinajstić information content (AvgIpc) is 3.19. The Bertz CT molecular complexity index is 1140. The third kappa shape index (κ3) is 6.18. The van der Waals surface area contributed by atoms with E-state index in [9.17, 15) is 22.8 Å². The zero-order valence-electron chi connectivity index (χ0n) is 16.6. The number of carbonyl (C=O) groups is 2. The number of hydrogen-bond donors (Lipinski definition) is 0. The Labute approximate surface area is 190 Å². The molecule has 0 radical (unpaired) electrons. The van der Waals surface area contributed by atoms with Crippen LogP contribution in [0.4, 0.5) is 24.0 Å². The Kier molecular flexibility index (Phi) is 7.32. The molecule has 0 fully saturated rings. The first-order valence-corrected chi connectivity index (χ1v) is 10.4. The Morgan fingerprint density at radius 2 is 1.91 bits per heavy atom. The number of halogens is 4. The monoisotopic (exact) mass is 480 g/mol. The number of hydrogen-bond acceptors (Lipinski definition) is 5. The minimum atomic E-state index is -4.54. The molecule has 166 valence electrons. The van der Waals surface area contributed by atoms with E-state index in [4.69, 9.17) is 16.3 Å². The second-order valence-corrected chi connectivity index (χ2v) is 7.79. The summed E-state index contributed by atoms with van der Waals surface area (Å²) in [4.78, 5) is 29.4. The fraction of sp³-hybridized carbons (Fsp3) is 0.136. The number of aromatic nitrogens is 1. The van der Waals surface area contributed by atoms with Gasteiger partial charge in [0.05, 0.1) is 16.9 Å². The van der Waals surface area contributed by atoms with Crippen molar-refractivity contribution in [1.29, 1.82) is 0 Å². The van der Waals surface area contributed by atoms with Crippen LogP contribution in [-0.2, 0) is 27.1 Å². The van der Waals surface area contributed by atoms with Crippen molar-refractivity contribution in [2.45, 2.75) is 19.7 Å². The predicted molar refractivity (Wildman–Crippen MR) is 117 cm³/mol. The molecule has 0 aliphatic heterocycles. The van der Waals surface area contributed by atoms with Crippen LogP contribution in [-0.4, -0.2) is 16.9 Å². The lowest BCUT2D eigenvalue weighted by Gasteiger charge is -2.19. The minimum Gasteiger partial charge on any atom is -0.456 e. The van der Waals surface area contributed by atoms with Gasteiger partial charge in [-0.1, -0.05) is 29.8 Å². The highest BCUT2D eigenvalue weighted by atomic mass is 35.5. The molecule has 10 heteroatoms. The first-order chi connectivity index (χ1) is 15.1. The third-order valence-electron chi connectivity index (χ3n) is 4.12. The Morgan fingerprint density at radius 1 is 1.19 bits per heavy atom. The summed E-state index contributed by atoms with van der Waals surface area (Å²) < 4.78 is 44.2. The van der Waals surface area contributed by atoms with Crippen LogP contribution in [0.15, 0.2) is 60.0 Å². The number of esters is 1. The molecule has 1 heterocycles. The van der Waals surface area contributed by atoms with E-state index in [1.54, 1.807) is 35.7 Å². The first kappa shape index (κ1) is 23.5. The molecule has 0 N–H and O–H groups in total. The molecule has 1 aromatic heterocycles. The van der Waals surface area contributed by atoms with Crippen LogP contribution in [0.5, 0.6) is 0 Å². The van der Waals surface area contributed by atoms with E-state index in [0.717, 1.165) is 33.9 Å². The van der Waals surface area contributed by atoms with E-state index < -0.39 is 23.6 Å². The molecule has 3 aromatic rings. The Morgan fingerprint density at radius 3 is 2.56 bits per heavy atom. The van der Waals surface area contributed by atoms with Crippen molar-refractivity contribution >= 4 is 51.7 Å². The summed E-state index contributed by atoms with van der Waals surface area (Å²) in [6, 6.07) is 11.3. The lowest BCUT2D eigenvalue weighted by Crippen LogP contribution is -2.23. The molecule has 0 unspecified atom stereocenters. The SMILES string of the molecule is CC(=O)N(c1cccc(C(F)(F)F)c1)c1nc(COC(=O)/C=C/c2ccc(Cl)cc2)cs1. The van der Waals surface area contributed by atoms with Gasteiger partial charge in [-0.05, 0) is 42.0 Å². The number of thiazole rings is 1. The molecule has 2 aromatic carbocycles. The van der Waals surface area contributed by atoms with Crippen LogP contribution in [0.3, 0.4) is 0 Å². The van der Waals surface area contributed by atoms with Gasteiger partial charge in [0.1, 0.15) is 6.61 Å². The summed E-state index contributed by atoms with van der Waals surface area (Å²) in [6.45, 7) is 1.07. The fourth-order valence-electron chi connectivity index (χ4n) is 2.64. The average molecular weight is 481 g/mol. The van der Waals surface area contributed by atoms with Crippen molar-refractivity contribution in [3.05, 3.63) is 81.8 Å². The summed E-state index contributed by atoms with van der Waals surface area (Å²) in [5, 5.41) is 2.31. The minimum absolute atomic E-state index is 0.0381. The largest absolute Gasteiger partial charge is 0.456 e. The maximum atomic E-state index is 13.0. The lowest BCUT2D eigenvalue weighted by atomic mass is 10.2. The van der Waals surface area contributed by atoms with Gasteiger partial charge in [-0.15, -0.1) is 11.3 Å². The first-order valence-electron chi connectivity index (χ1n) is 9.16. The quantitative estimate of drug-likeness (QED) is 0.309. The van der Waals surface area contributed by atoms with Gasteiger partial charge in [-0.2, -0.15) is 13.2 Å². The maximum Gasteiger partial charge on any atom is 0.416 e. The van der Waals surface area contributed by atoms with Gasteiger partial charge < -0.3 is 4.74 Å². The van der Waals surface area contributed by atoms with Gasteiger partial charge in [0.25, 0.3) is 0 Å². The summed E-state index contributed by atoms with van der Waals surface area (Å²) in [7, 11) is 0. The molecule has 0 spiro atoms. The van der Waals surface area contributed by atoms with E-state index in [-0.39, 0.29) is 17.4 Å². The summed E-state index contributed by atoms with van der Waals surface area (Å²) in [5.74, 6) is -1.11. The van der Waals surface area contributed by atoms with Gasteiger partial charge in [-0.25, -0.2) is 9.78 Å². The highest BCUT2D eigenvalue weighted by Gasteiger charge is 2.31. The molecule has 0 saturated heterocycles. The van der Waals surface area contributed by atoms with E-state index >= 15 is 0 Å². The van der Waals surface area contributed by atoms with Crippen molar-refractivity contribution < 1.29 is 27.5 Å². The Hall–Kier alpha value is -3.17. The lowest BCUT2D eigenvalue weighted by molar-refractivity contribution is -0.139. The molecule has 1 amide bonds. The summed E-state index contributed by atoms with van der Waals surface area (Å²) in [5.41, 5.74) is 0.285. The number of anilines is 2. The van der Waals surface area contributed by atoms with Crippen molar-refractivity contribution in [3.8, 4) is 0 Å². The van der Waals surface area contributed by atoms with Gasteiger partial charge >= 0.3 is 12.1 Å². The topological polar surface area (TPSA) is 59.5 Å². The molecule has 0 aliphatic carbocycles. The van der Waals surface area contributed by atoms with Crippen LogP contribution in [0.1, 0.15) is 23.7 Å². The molecule has 3 rings (SSSR count). The number of benzene rings is 2. The highest BCUT2D eigenvalue weighted by Crippen LogP contribution is 2.35. The normalized spacial score (nSPS) is 11.5. The second-order valence-electron chi connectivity index (χ2n) is 6.52. The van der Waals surface area contributed by atoms with Gasteiger partial charge in [-0.3, -0.25) is 9.69 Å². The molecular formula is C22H16ClF3N2O3S. The number of amides is 1. The van der Waals surface area contributed by atoms with E-state index in [1.165, 1.54) is 25.1 Å². The molecular weight excluding hydrogens is 465 g/mol. The van der Waals surface area contributed by atoms with Gasteiger partial charge in [0.15, 0.2) is 5.13 Å². The third-order valence-corrected chi connectivity index (χ3v) is 5.25. The van der Waals surface area contributed by atoms with E-state index in [0.29, 0.717) is 10.7 Å². The predicted octanol–water partition coefficient (Wildman–Crippen LogP) is 6.26. The standard InChI is InChI=1S/C22H16ClF3N2O3S/c1-14(29)28(19-4-2-3-16(11-19)22(24,25)26)21-27-18(13-32-21)12-31-20(30)10-7-15-5-8-17(23)9-6-15/h2-11,13H,12H2,1H3/b10-7+. The number of rotatable bonds is 6. The van der Waals surface area contributed by atoms with Gasteiger partial charge in [0, 0.05) is 23.4 Å². The molecule has 5 nitrogen and oxygen atoms in total. The number of nitrogens with zero attached hydrogens (tertiary/aromatic N) is 2. The van der Waals surface area contributed by atoms with Crippen molar-refractivity contribution in [2.24, 2.45) is 0 Å². The van der Waals surface area contributed by atoms with Crippen molar-refractivity contribution in [2.75, 3.05) is 4.90 Å². The molecule has 0 saturated carbocycles. The molecule has 0 bridgehead atoms. The van der Waals surface area contributed by atoms with Crippen LogP contribution < -0.4 is 4.90 Å². The number of ether oxygens (including phenoxy) is 1. The smallest absolute Gasteiger partial charge is 0.416 e. The second kappa shape index (κ2) is 9.97. The number of alkyl halides is 3. The van der Waals surface area contributed by atoms with Crippen LogP contribution in [0, 0.1) is 0 Å². The molecule has 32 heavy (non-hydrogen) atoms. The van der Waals surface area contributed by atoms with Gasteiger partial charge in [0.2, 0.25) is 5.91 Å².